The Kier molecular flexibility index (Phi) is 1.94. The van der Waals surface area contributed by atoms with Gasteiger partial charge in [-0.15, -0.1) is 0 Å². The van der Waals surface area contributed by atoms with Crippen LogP contribution in [0.2, 0.25) is 0 Å². The van der Waals surface area contributed by atoms with Crippen molar-refractivity contribution < 1.29 is 0 Å². The lowest BCUT2D eigenvalue weighted by Crippen LogP contribution is -2.30. The highest BCUT2D eigenvalue weighted by molar-refractivity contribution is 5.53. The fourth-order valence-electron chi connectivity index (χ4n) is 2.85. The van der Waals surface area contributed by atoms with Crippen molar-refractivity contribution in [2.45, 2.75) is 13.8 Å². The predicted octanol–water partition coefficient (Wildman–Crippen LogP) is 4.12. The molecule has 2 atom stereocenters. The van der Waals surface area contributed by atoms with Crippen LogP contribution in [0.1, 0.15) is 13.8 Å². The zero-order valence-electron chi connectivity index (χ0n) is 9.77. The Balaban J connectivity index is 2.15. The maximum absolute atomic E-state index is 2.34. The molecule has 0 aliphatic heterocycles. The number of fused-ring (bicyclic) bond motifs is 3. The molecule has 0 nitrogen and oxygen atoms in total. The third-order valence-electron chi connectivity index (χ3n) is 3.86. The van der Waals surface area contributed by atoms with E-state index in [0.29, 0.717) is 5.92 Å². The van der Waals surface area contributed by atoms with E-state index in [9.17, 15) is 0 Å². The van der Waals surface area contributed by atoms with Crippen LogP contribution in [0.4, 0.5) is 0 Å². The molecule has 0 heterocycles. The summed E-state index contributed by atoms with van der Waals surface area (Å²) in [5.74, 6) is 0.498. The van der Waals surface area contributed by atoms with Gasteiger partial charge in [0, 0.05) is 11.3 Å². The third-order valence-corrected chi connectivity index (χ3v) is 3.86. The molecule has 0 aromatic rings. The molecule has 16 heavy (non-hydrogen) atoms. The van der Waals surface area contributed by atoms with Gasteiger partial charge in [0.05, 0.1) is 0 Å². The smallest absolute Gasteiger partial charge is 0.0210 e. The summed E-state index contributed by atoms with van der Waals surface area (Å²) in [5, 5.41) is 0. The molecule has 0 radical (unpaired) electrons. The van der Waals surface area contributed by atoms with Gasteiger partial charge in [0.2, 0.25) is 0 Å². The Morgan fingerprint density at radius 3 is 2.88 bits per heavy atom. The molecule has 0 saturated carbocycles. The summed E-state index contributed by atoms with van der Waals surface area (Å²) in [6, 6.07) is 0. The topological polar surface area (TPSA) is 0 Å². The monoisotopic (exact) mass is 208 g/mol. The first-order valence-electron chi connectivity index (χ1n) is 5.85. The first kappa shape index (κ1) is 9.65. The summed E-state index contributed by atoms with van der Waals surface area (Å²) in [6.45, 7) is 4.49. The molecule has 0 heteroatoms. The fraction of sp³-hybridized carbons (Fsp3) is 0.250. The van der Waals surface area contributed by atoms with Crippen molar-refractivity contribution in [2.24, 2.45) is 11.3 Å². The Morgan fingerprint density at radius 1 is 1.12 bits per heavy atom. The summed E-state index contributed by atoms with van der Waals surface area (Å²) in [4.78, 5) is 0. The van der Waals surface area contributed by atoms with E-state index in [1.54, 1.807) is 0 Å². The van der Waals surface area contributed by atoms with Crippen LogP contribution in [-0.4, -0.2) is 0 Å². The molecule has 0 spiro atoms. The van der Waals surface area contributed by atoms with Crippen molar-refractivity contribution >= 4 is 0 Å². The van der Waals surface area contributed by atoms with Gasteiger partial charge in [0.1, 0.15) is 0 Å². The second-order valence-electron chi connectivity index (χ2n) is 5.01. The zero-order valence-corrected chi connectivity index (χ0v) is 9.77. The second-order valence-corrected chi connectivity index (χ2v) is 5.01. The lowest BCUT2D eigenvalue weighted by molar-refractivity contribution is 0.419. The van der Waals surface area contributed by atoms with Gasteiger partial charge in [-0.1, -0.05) is 67.2 Å². The van der Waals surface area contributed by atoms with Crippen molar-refractivity contribution in [3.63, 3.8) is 0 Å². The van der Waals surface area contributed by atoms with Crippen LogP contribution in [0.25, 0.3) is 0 Å². The van der Waals surface area contributed by atoms with E-state index >= 15 is 0 Å². The number of hydrogen-bond acceptors (Lipinski definition) is 0. The van der Waals surface area contributed by atoms with E-state index in [0.717, 1.165) is 0 Å². The fourth-order valence-corrected chi connectivity index (χ4v) is 2.85. The van der Waals surface area contributed by atoms with Crippen molar-refractivity contribution in [3.05, 3.63) is 71.4 Å². The molecule has 2 unspecified atom stereocenters. The average Bonchev–Trinajstić information content (AvgIpc) is 2.28. The summed E-state index contributed by atoms with van der Waals surface area (Å²) in [5.41, 5.74) is 4.35. The van der Waals surface area contributed by atoms with Crippen LogP contribution in [0.5, 0.6) is 0 Å². The van der Waals surface area contributed by atoms with Crippen LogP contribution < -0.4 is 0 Å². The third kappa shape index (κ3) is 1.23. The highest BCUT2D eigenvalue weighted by Crippen LogP contribution is 2.48. The van der Waals surface area contributed by atoms with E-state index in [1.807, 2.05) is 0 Å². The highest BCUT2D eigenvalue weighted by atomic mass is 14.4. The maximum atomic E-state index is 2.34. The first-order chi connectivity index (χ1) is 7.70. The van der Waals surface area contributed by atoms with Crippen LogP contribution in [0, 0.1) is 11.3 Å². The SMILES string of the molecule is CC1=CC2=CC=C3C=CC=CC3(C)C2C=C1. The quantitative estimate of drug-likeness (QED) is 0.562. The molecular formula is C16H16. The Hall–Kier alpha value is -1.56. The molecular weight excluding hydrogens is 192 g/mol. The molecule has 0 bridgehead atoms. The summed E-state index contributed by atoms with van der Waals surface area (Å²) < 4.78 is 0. The van der Waals surface area contributed by atoms with Gasteiger partial charge in [0.25, 0.3) is 0 Å². The van der Waals surface area contributed by atoms with E-state index in [2.05, 4.69) is 68.5 Å². The van der Waals surface area contributed by atoms with Crippen LogP contribution in [-0.2, 0) is 0 Å². The minimum absolute atomic E-state index is 0.145. The van der Waals surface area contributed by atoms with Gasteiger partial charge < -0.3 is 0 Å². The minimum atomic E-state index is 0.145. The van der Waals surface area contributed by atoms with Crippen LogP contribution in [0.3, 0.4) is 0 Å². The van der Waals surface area contributed by atoms with E-state index in [-0.39, 0.29) is 5.41 Å². The molecule has 0 amide bonds. The predicted molar refractivity (Wildman–Crippen MR) is 68.9 cm³/mol. The minimum Gasteiger partial charge on any atom is -0.0755 e. The van der Waals surface area contributed by atoms with Gasteiger partial charge in [-0.2, -0.15) is 0 Å². The Morgan fingerprint density at radius 2 is 2.00 bits per heavy atom. The molecule has 3 rings (SSSR count). The van der Waals surface area contributed by atoms with Gasteiger partial charge in [-0.05, 0) is 18.1 Å². The highest BCUT2D eigenvalue weighted by Gasteiger charge is 2.37. The van der Waals surface area contributed by atoms with Gasteiger partial charge in [-0.25, -0.2) is 0 Å². The van der Waals surface area contributed by atoms with Crippen LogP contribution in [0.15, 0.2) is 71.4 Å². The van der Waals surface area contributed by atoms with Crippen LogP contribution >= 0.6 is 0 Å². The Bertz CT molecular complexity index is 506. The lowest BCUT2D eigenvalue weighted by atomic mass is 9.63. The summed E-state index contributed by atoms with van der Waals surface area (Å²) >= 11 is 0. The zero-order chi connectivity index (χ0) is 11.2. The largest absolute Gasteiger partial charge is 0.0755 e. The molecule has 0 aromatic heterocycles. The molecule has 3 aliphatic rings. The molecule has 0 aromatic carbocycles. The van der Waals surface area contributed by atoms with Gasteiger partial charge in [-0.3, -0.25) is 0 Å². The summed E-state index contributed by atoms with van der Waals surface area (Å²) in [6.07, 6.45) is 20.3. The molecule has 0 N–H and O–H groups in total. The molecule has 0 saturated heterocycles. The standard InChI is InChI=1S/C16H16/c1-12-6-9-15-13(11-12)7-8-14-5-3-4-10-16(14,15)2/h3-11,15H,1-2H3. The van der Waals surface area contributed by atoms with E-state index < -0.39 is 0 Å². The first-order valence-corrected chi connectivity index (χ1v) is 5.85. The van der Waals surface area contributed by atoms with Crippen molar-refractivity contribution in [3.8, 4) is 0 Å². The van der Waals surface area contributed by atoms with Crippen molar-refractivity contribution in [1.29, 1.82) is 0 Å². The van der Waals surface area contributed by atoms with E-state index in [4.69, 9.17) is 0 Å². The molecule has 0 fully saturated rings. The number of rotatable bonds is 0. The lowest BCUT2D eigenvalue weighted by Gasteiger charge is -2.40. The van der Waals surface area contributed by atoms with Crippen molar-refractivity contribution in [2.75, 3.05) is 0 Å². The van der Waals surface area contributed by atoms with Crippen molar-refractivity contribution in [1.82, 2.24) is 0 Å². The molecule has 80 valence electrons. The van der Waals surface area contributed by atoms with Gasteiger partial charge in [0.15, 0.2) is 0 Å². The average molecular weight is 208 g/mol. The van der Waals surface area contributed by atoms with E-state index in [1.165, 1.54) is 16.7 Å². The maximum Gasteiger partial charge on any atom is 0.0210 e. The summed E-state index contributed by atoms with van der Waals surface area (Å²) in [7, 11) is 0. The normalized spacial score (nSPS) is 34.9. The molecule has 3 aliphatic carbocycles. The number of hydrogen-bond donors (Lipinski definition) is 0. The Labute approximate surface area is 97.1 Å². The van der Waals surface area contributed by atoms with Gasteiger partial charge >= 0.3 is 0 Å². The number of allylic oxidation sites excluding steroid dienone is 12. The second kappa shape index (κ2) is 3.21.